The van der Waals surface area contributed by atoms with Crippen molar-refractivity contribution in [2.24, 2.45) is 0 Å². The highest BCUT2D eigenvalue weighted by Crippen LogP contribution is 2.34. The molecule has 2 aromatic carbocycles. The molecule has 0 fully saturated rings. The van der Waals surface area contributed by atoms with E-state index in [4.69, 9.17) is 14.2 Å². The van der Waals surface area contributed by atoms with E-state index >= 15 is 0 Å². The molecule has 0 radical (unpaired) electrons. The van der Waals surface area contributed by atoms with Gasteiger partial charge in [-0.05, 0) is 48.4 Å². The lowest BCUT2D eigenvalue weighted by atomic mass is 10.1. The molecule has 1 aliphatic heterocycles. The number of rotatable bonds is 4. The first-order chi connectivity index (χ1) is 10.1. The number of ether oxygens (including phenoxy) is 3. The van der Waals surface area contributed by atoms with Gasteiger partial charge in [-0.2, -0.15) is 0 Å². The Kier molecular flexibility index (Phi) is 3.66. The number of aliphatic hydroxyl groups is 1. The van der Waals surface area contributed by atoms with E-state index in [1.54, 1.807) is 31.2 Å². The van der Waals surface area contributed by atoms with E-state index in [1.165, 1.54) is 12.1 Å². The van der Waals surface area contributed by atoms with Gasteiger partial charge in [0.1, 0.15) is 24.3 Å². The second-order valence-electron chi connectivity index (χ2n) is 4.85. The molecule has 1 aliphatic rings. The van der Waals surface area contributed by atoms with Crippen LogP contribution in [0.3, 0.4) is 0 Å². The quantitative estimate of drug-likeness (QED) is 0.940. The van der Waals surface area contributed by atoms with Crippen molar-refractivity contribution in [3.63, 3.8) is 0 Å². The van der Waals surface area contributed by atoms with Gasteiger partial charge in [0.2, 0.25) is 6.79 Å². The fourth-order valence-corrected chi connectivity index (χ4v) is 2.10. The lowest BCUT2D eigenvalue weighted by Gasteiger charge is -2.13. The van der Waals surface area contributed by atoms with E-state index in [-0.39, 0.29) is 19.2 Å². The van der Waals surface area contributed by atoms with Crippen molar-refractivity contribution in [1.82, 2.24) is 0 Å². The lowest BCUT2D eigenvalue weighted by Crippen LogP contribution is -2.09. The van der Waals surface area contributed by atoms with Crippen LogP contribution in [0.5, 0.6) is 17.2 Å². The zero-order chi connectivity index (χ0) is 14.8. The average Bonchev–Trinajstić information content (AvgIpc) is 2.95. The van der Waals surface area contributed by atoms with Crippen molar-refractivity contribution in [2.45, 2.75) is 13.0 Å². The number of aryl methyl sites for hydroxylation is 1. The topological polar surface area (TPSA) is 47.9 Å². The van der Waals surface area contributed by atoms with Gasteiger partial charge in [0.25, 0.3) is 0 Å². The van der Waals surface area contributed by atoms with Crippen LogP contribution in [-0.2, 0) is 0 Å². The van der Waals surface area contributed by atoms with Crippen molar-refractivity contribution in [1.29, 1.82) is 0 Å². The molecule has 1 unspecified atom stereocenters. The summed E-state index contributed by atoms with van der Waals surface area (Å²) in [5.74, 6) is 1.53. The predicted molar refractivity (Wildman–Crippen MR) is 74.2 cm³/mol. The number of halogens is 1. The number of aliphatic hydroxyl groups excluding tert-OH is 1. The monoisotopic (exact) mass is 290 g/mol. The third kappa shape index (κ3) is 2.92. The van der Waals surface area contributed by atoms with Gasteiger partial charge >= 0.3 is 0 Å². The molecule has 0 aromatic heterocycles. The Morgan fingerprint density at radius 1 is 1.19 bits per heavy atom. The van der Waals surface area contributed by atoms with Crippen molar-refractivity contribution in [2.75, 3.05) is 13.4 Å². The van der Waals surface area contributed by atoms with Crippen LogP contribution in [0.4, 0.5) is 4.39 Å². The second kappa shape index (κ2) is 5.61. The summed E-state index contributed by atoms with van der Waals surface area (Å²) < 4.78 is 29.1. The summed E-state index contributed by atoms with van der Waals surface area (Å²) in [6.07, 6.45) is -0.801. The Labute approximate surface area is 121 Å². The molecule has 110 valence electrons. The SMILES string of the molecule is Cc1cc(OCC(O)c2ccc3c(c2)OCO3)ccc1F. The molecule has 0 bridgehead atoms. The summed E-state index contributed by atoms with van der Waals surface area (Å²) in [4.78, 5) is 0. The number of hydrogen-bond donors (Lipinski definition) is 1. The third-order valence-corrected chi connectivity index (χ3v) is 3.32. The second-order valence-corrected chi connectivity index (χ2v) is 4.85. The molecule has 1 N–H and O–H groups in total. The van der Waals surface area contributed by atoms with Crippen LogP contribution in [0.15, 0.2) is 36.4 Å². The van der Waals surface area contributed by atoms with Gasteiger partial charge in [0.15, 0.2) is 11.5 Å². The lowest BCUT2D eigenvalue weighted by molar-refractivity contribution is 0.108. The molecule has 0 amide bonds. The average molecular weight is 290 g/mol. The van der Waals surface area contributed by atoms with Crippen LogP contribution in [0.1, 0.15) is 17.2 Å². The van der Waals surface area contributed by atoms with E-state index in [2.05, 4.69) is 0 Å². The van der Waals surface area contributed by atoms with Gasteiger partial charge < -0.3 is 19.3 Å². The summed E-state index contributed by atoms with van der Waals surface area (Å²) >= 11 is 0. The van der Waals surface area contributed by atoms with Crippen LogP contribution in [0.25, 0.3) is 0 Å². The van der Waals surface area contributed by atoms with Crippen LogP contribution < -0.4 is 14.2 Å². The van der Waals surface area contributed by atoms with Crippen molar-refractivity contribution >= 4 is 0 Å². The molecule has 0 aliphatic carbocycles. The molecule has 3 rings (SSSR count). The molecule has 0 saturated carbocycles. The van der Waals surface area contributed by atoms with Gasteiger partial charge in [-0.1, -0.05) is 6.07 Å². The largest absolute Gasteiger partial charge is 0.491 e. The Morgan fingerprint density at radius 2 is 2.00 bits per heavy atom. The van der Waals surface area contributed by atoms with E-state index in [0.29, 0.717) is 28.4 Å². The van der Waals surface area contributed by atoms with E-state index in [9.17, 15) is 9.50 Å². The van der Waals surface area contributed by atoms with E-state index in [1.807, 2.05) is 0 Å². The Morgan fingerprint density at radius 3 is 2.81 bits per heavy atom. The molecule has 5 heteroatoms. The van der Waals surface area contributed by atoms with E-state index < -0.39 is 6.10 Å². The molecule has 21 heavy (non-hydrogen) atoms. The van der Waals surface area contributed by atoms with Crippen LogP contribution >= 0.6 is 0 Å². The zero-order valence-electron chi connectivity index (χ0n) is 11.5. The van der Waals surface area contributed by atoms with Gasteiger partial charge in [0, 0.05) is 0 Å². The number of fused-ring (bicyclic) bond motifs is 1. The maximum atomic E-state index is 13.2. The van der Waals surface area contributed by atoms with Crippen LogP contribution in [-0.4, -0.2) is 18.5 Å². The first-order valence-corrected chi connectivity index (χ1v) is 6.60. The standard InChI is InChI=1S/C16H15FO4/c1-10-6-12(3-4-13(10)17)19-8-14(18)11-2-5-15-16(7-11)21-9-20-15/h2-7,14,18H,8-9H2,1H3. The predicted octanol–water partition coefficient (Wildman–Crippen LogP) is 2.98. The first kappa shape index (κ1) is 13.7. The van der Waals surface area contributed by atoms with Gasteiger partial charge in [-0.3, -0.25) is 0 Å². The third-order valence-electron chi connectivity index (χ3n) is 3.32. The molecule has 4 nitrogen and oxygen atoms in total. The van der Waals surface area contributed by atoms with Crippen LogP contribution in [0, 0.1) is 12.7 Å². The molecule has 0 spiro atoms. The number of hydrogen-bond acceptors (Lipinski definition) is 4. The van der Waals surface area contributed by atoms with Gasteiger partial charge in [0.05, 0.1) is 0 Å². The summed E-state index contributed by atoms with van der Waals surface area (Å²) in [7, 11) is 0. The van der Waals surface area contributed by atoms with Crippen molar-refractivity contribution in [3.8, 4) is 17.2 Å². The van der Waals surface area contributed by atoms with Crippen LogP contribution in [0.2, 0.25) is 0 Å². The highest BCUT2D eigenvalue weighted by atomic mass is 19.1. The maximum absolute atomic E-state index is 13.2. The normalized spacial score (nSPS) is 14.0. The fraction of sp³-hybridized carbons (Fsp3) is 0.250. The smallest absolute Gasteiger partial charge is 0.231 e. The molecular formula is C16H15FO4. The Balaban J connectivity index is 1.66. The highest BCUT2D eigenvalue weighted by Gasteiger charge is 2.17. The molecule has 1 atom stereocenters. The highest BCUT2D eigenvalue weighted by molar-refractivity contribution is 5.45. The minimum atomic E-state index is -0.801. The summed E-state index contributed by atoms with van der Waals surface area (Å²) in [5, 5.41) is 10.1. The fourth-order valence-electron chi connectivity index (χ4n) is 2.10. The molecule has 0 saturated heterocycles. The van der Waals surface area contributed by atoms with Gasteiger partial charge in [-0.25, -0.2) is 4.39 Å². The zero-order valence-corrected chi connectivity index (χ0v) is 11.5. The van der Waals surface area contributed by atoms with Gasteiger partial charge in [-0.15, -0.1) is 0 Å². The van der Waals surface area contributed by atoms with Crippen molar-refractivity contribution in [3.05, 3.63) is 53.3 Å². The Hall–Kier alpha value is -2.27. The molecule has 2 aromatic rings. The Bertz CT molecular complexity index is 657. The summed E-state index contributed by atoms with van der Waals surface area (Å²) in [6, 6.07) is 9.72. The minimum absolute atomic E-state index is 0.0741. The van der Waals surface area contributed by atoms with Crippen molar-refractivity contribution < 1.29 is 23.7 Å². The summed E-state index contributed by atoms with van der Waals surface area (Å²) in [6.45, 7) is 1.93. The molecular weight excluding hydrogens is 275 g/mol. The first-order valence-electron chi connectivity index (χ1n) is 6.60. The molecule has 1 heterocycles. The van der Waals surface area contributed by atoms with E-state index in [0.717, 1.165) is 0 Å². The minimum Gasteiger partial charge on any atom is -0.491 e. The maximum Gasteiger partial charge on any atom is 0.231 e. The number of benzene rings is 2. The summed E-state index contributed by atoms with van der Waals surface area (Å²) in [5.41, 5.74) is 1.18.